The molecule has 7 heteroatoms. The van der Waals surface area contributed by atoms with Gasteiger partial charge < -0.3 is 10.6 Å². The third-order valence-electron chi connectivity index (χ3n) is 1.99. The number of anilines is 1. The smallest absolute Gasteiger partial charge is 0.271 e. The summed E-state index contributed by atoms with van der Waals surface area (Å²) in [5.74, 6) is 0.108. The normalized spacial score (nSPS) is 10.1. The number of amides is 2. The number of imidazole rings is 1. The zero-order valence-corrected chi connectivity index (χ0v) is 8.47. The van der Waals surface area contributed by atoms with E-state index in [9.17, 15) is 9.59 Å². The maximum absolute atomic E-state index is 11.3. The maximum Gasteiger partial charge on any atom is 0.271 e. The second kappa shape index (κ2) is 3.97. The molecule has 7 nitrogen and oxygen atoms in total. The number of nitrogens with one attached hydrogen (secondary N) is 2. The van der Waals surface area contributed by atoms with Crippen molar-refractivity contribution in [1.29, 1.82) is 0 Å². The summed E-state index contributed by atoms with van der Waals surface area (Å²) >= 11 is 0. The van der Waals surface area contributed by atoms with Gasteiger partial charge in [-0.15, -0.1) is 0 Å². The predicted octanol–water partition coefficient (Wildman–Crippen LogP) is -0.343. The van der Waals surface area contributed by atoms with Crippen LogP contribution in [-0.2, 0) is 4.79 Å². The van der Waals surface area contributed by atoms with Gasteiger partial charge in [0.05, 0.1) is 6.20 Å². The molecule has 0 aliphatic heterocycles. The van der Waals surface area contributed by atoms with Crippen LogP contribution in [0.25, 0.3) is 5.65 Å². The minimum absolute atomic E-state index is 0.277. The Balaban J connectivity index is 2.45. The zero-order valence-electron chi connectivity index (χ0n) is 8.47. The highest BCUT2D eigenvalue weighted by atomic mass is 16.1. The first-order chi connectivity index (χ1) is 7.74. The lowest BCUT2D eigenvalue weighted by atomic mass is 10.4. The van der Waals surface area contributed by atoms with Crippen molar-refractivity contribution in [1.82, 2.24) is 19.9 Å². The molecule has 16 heavy (non-hydrogen) atoms. The second-order valence-corrected chi connectivity index (χ2v) is 2.99. The molecule has 0 saturated heterocycles. The summed E-state index contributed by atoms with van der Waals surface area (Å²) in [6.07, 6.45) is 2.05. The molecular formula is C9H9N5O2. The Morgan fingerprint density at radius 2 is 2.31 bits per heavy atom. The Hall–Kier alpha value is -2.44. The lowest BCUT2D eigenvalue weighted by Gasteiger charge is -1.98. The van der Waals surface area contributed by atoms with Crippen molar-refractivity contribution in [3.63, 3.8) is 0 Å². The molecule has 0 radical (unpaired) electrons. The van der Waals surface area contributed by atoms with E-state index in [1.807, 2.05) is 0 Å². The molecule has 0 atom stereocenters. The number of carbonyl (C=O) groups is 2. The molecule has 2 amide bonds. The molecular weight excluding hydrogens is 210 g/mol. The third kappa shape index (κ3) is 1.70. The van der Waals surface area contributed by atoms with Gasteiger partial charge in [-0.25, -0.2) is 9.50 Å². The van der Waals surface area contributed by atoms with Crippen LogP contribution in [0.4, 0.5) is 5.82 Å². The van der Waals surface area contributed by atoms with Crippen LogP contribution in [0.5, 0.6) is 0 Å². The SMILES string of the molecule is CNC(=O)c1ccc2nc(NC=O)cn2n1. The Morgan fingerprint density at radius 1 is 1.50 bits per heavy atom. The average Bonchev–Trinajstić information content (AvgIpc) is 2.69. The highest BCUT2D eigenvalue weighted by molar-refractivity contribution is 5.92. The van der Waals surface area contributed by atoms with Crippen molar-refractivity contribution in [2.24, 2.45) is 0 Å². The summed E-state index contributed by atoms with van der Waals surface area (Å²) in [4.78, 5) is 25.6. The first kappa shape index (κ1) is 10.1. The van der Waals surface area contributed by atoms with E-state index in [0.29, 0.717) is 17.9 Å². The van der Waals surface area contributed by atoms with Gasteiger partial charge in [-0.05, 0) is 12.1 Å². The summed E-state index contributed by atoms with van der Waals surface area (Å²) in [6, 6.07) is 3.21. The summed E-state index contributed by atoms with van der Waals surface area (Å²) in [5.41, 5.74) is 0.835. The van der Waals surface area contributed by atoms with E-state index in [4.69, 9.17) is 0 Å². The van der Waals surface area contributed by atoms with Crippen LogP contribution in [0.1, 0.15) is 10.5 Å². The van der Waals surface area contributed by atoms with Crippen molar-refractivity contribution in [3.8, 4) is 0 Å². The number of nitrogens with zero attached hydrogens (tertiary/aromatic N) is 3. The Morgan fingerprint density at radius 3 is 3.00 bits per heavy atom. The summed E-state index contributed by atoms with van der Waals surface area (Å²) in [5, 5.41) is 8.91. The van der Waals surface area contributed by atoms with Gasteiger partial charge in [-0.1, -0.05) is 0 Å². The van der Waals surface area contributed by atoms with Crippen LogP contribution in [0, 0.1) is 0 Å². The summed E-state index contributed by atoms with van der Waals surface area (Å²) in [6.45, 7) is 0. The van der Waals surface area contributed by atoms with Crippen LogP contribution < -0.4 is 10.6 Å². The first-order valence-electron chi connectivity index (χ1n) is 4.53. The number of aromatic nitrogens is 3. The molecule has 2 heterocycles. The summed E-state index contributed by atoms with van der Waals surface area (Å²) in [7, 11) is 1.53. The highest BCUT2D eigenvalue weighted by Gasteiger charge is 2.07. The van der Waals surface area contributed by atoms with Crippen molar-refractivity contribution in [3.05, 3.63) is 24.0 Å². The van der Waals surface area contributed by atoms with E-state index in [1.165, 1.54) is 17.8 Å². The fraction of sp³-hybridized carbons (Fsp3) is 0.111. The fourth-order valence-electron chi connectivity index (χ4n) is 1.26. The average molecular weight is 219 g/mol. The number of hydrogen-bond acceptors (Lipinski definition) is 4. The van der Waals surface area contributed by atoms with E-state index in [2.05, 4.69) is 20.7 Å². The Kier molecular flexibility index (Phi) is 2.50. The molecule has 0 unspecified atom stereocenters. The van der Waals surface area contributed by atoms with Gasteiger partial charge in [0.15, 0.2) is 11.5 Å². The topological polar surface area (TPSA) is 88.4 Å². The Labute approximate surface area is 90.5 Å². The van der Waals surface area contributed by atoms with Gasteiger partial charge >= 0.3 is 0 Å². The monoisotopic (exact) mass is 219 g/mol. The highest BCUT2D eigenvalue weighted by Crippen LogP contribution is 2.07. The van der Waals surface area contributed by atoms with Crippen LogP contribution >= 0.6 is 0 Å². The van der Waals surface area contributed by atoms with Crippen molar-refractivity contribution >= 4 is 23.8 Å². The number of fused-ring (bicyclic) bond motifs is 1. The van der Waals surface area contributed by atoms with Gasteiger partial charge in [0.2, 0.25) is 6.41 Å². The van der Waals surface area contributed by atoms with Gasteiger partial charge in [-0.2, -0.15) is 5.10 Å². The van der Waals surface area contributed by atoms with Crippen molar-refractivity contribution < 1.29 is 9.59 Å². The van der Waals surface area contributed by atoms with Crippen LogP contribution in [0.3, 0.4) is 0 Å². The molecule has 0 bridgehead atoms. The van der Waals surface area contributed by atoms with Crippen LogP contribution in [0.2, 0.25) is 0 Å². The first-order valence-corrected chi connectivity index (χ1v) is 4.53. The van der Waals surface area contributed by atoms with Crippen molar-refractivity contribution in [2.75, 3.05) is 12.4 Å². The molecule has 2 rings (SSSR count). The molecule has 0 aromatic carbocycles. The number of hydrogen-bond donors (Lipinski definition) is 2. The van der Waals surface area contributed by atoms with Gasteiger partial charge in [0, 0.05) is 7.05 Å². The second-order valence-electron chi connectivity index (χ2n) is 2.99. The Bertz CT molecular complexity index is 548. The van der Waals surface area contributed by atoms with Crippen LogP contribution in [0.15, 0.2) is 18.3 Å². The van der Waals surface area contributed by atoms with Gasteiger partial charge in [0.1, 0.15) is 5.69 Å². The van der Waals surface area contributed by atoms with Crippen LogP contribution in [-0.4, -0.2) is 34.0 Å². The van der Waals surface area contributed by atoms with E-state index in [1.54, 1.807) is 12.1 Å². The van der Waals surface area contributed by atoms with E-state index in [-0.39, 0.29) is 11.6 Å². The maximum atomic E-state index is 11.3. The zero-order chi connectivity index (χ0) is 11.5. The standard InChI is InChI=1S/C9H9N5O2/c1-10-9(16)6-2-3-8-12-7(11-5-15)4-14(8)13-6/h2-5H,1H3,(H,10,16)(H,11,15). The summed E-state index contributed by atoms with van der Waals surface area (Å²) < 4.78 is 1.43. The van der Waals surface area contributed by atoms with E-state index >= 15 is 0 Å². The molecule has 0 aliphatic carbocycles. The predicted molar refractivity (Wildman–Crippen MR) is 56.1 cm³/mol. The van der Waals surface area contributed by atoms with E-state index < -0.39 is 0 Å². The molecule has 0 fully saturated rings. The number of rotatable bonds is 3. The third-order valence-corrected chi connectivity index (χ3v) is 1.99. The van der Waals surface area contributed by atoms with E-state index in [0.717, 1.165) is 0 Å². The molecule has 0 saturated carbocycles. The largest absolute Gasteiger partial charge is 0.354 e. The lowest BCUT2D eigenvalue weighted by Crippen LogP contribution is -2.20. The van der Waals surface area contributed by atoms with Crippen molar-refractivity contribution in [2.45, 2.75) is 0 Å². The minimum Gasteiger partial charge on any atom is -0.354 e. The van der Waals surface area contributed by atoms with Gasteiger partial charge in [0.25, 0.3) is 5.91 Å². The molecule has 0 aliphatic rings. The molecule has 82 valence electrons. The quantitative estimate of drug-likeness (QED) is 0.691. The molecule has 2 N–H and O–H groups in total. The minimum atomic E-state index is -0.277. The molecule has 2 aromatic heterocycles. The lowest BCUT2D eigenvalue weighted by molar-refractivity contribution is -0.105. The molecule has 2 aromatic rings. The fourth-order valence-corrected chi connectivity index (χ4v) is 1.26. The van der Waals surface area contributed by atoms with Gasteiger partial charge in [-0.3, -0.25) is 9.59 Å². The molecule has 0 spiro atoms. The number of carbonyl (C=O) groups excluding carboxylic acids is 2.